The van der Waals surface area contributed by atoms with Gasteiger partial charge in [-0.15, -0.1) is 0 Å². The predicted molar refractivity (Wildman–Crippen MR) is 75.8 cm³/mol. The lowest BCUT2D eigenvalue weighted by molar-refractivity contribution is -0.298. The van der Waals surface area contributed by atoms with Gasteiger partial charge >= 0.3 is 0 Å². The molecule has 0 radical (unpaired) electrons. The molecule has 2 aromatic carbocycles. The van der Waals surface area contributed by atoms with E-state index in [9.17, 15) is 9.90 Å². The van der Waals surface area contributed by atoms with E-state index >= 15 is 0 Å². The first-order valence-corrected chi connectivity index (χ1v) is 6.29. The van der Waals surface area contributed by atoms with Crippen LogP contribution in [0, 0.1) is 11.3 Å². The van der Waals surface area contributed by atoms with Gasteiger partial charge in [0, 0.05) is 5.56 Å². The minimum absolute atomic E-state index is 0.360. The summed E-state index contributed by atoms with van der Waals surface area (Å²) >= 11 is 0. The van der Waals surface area contributed by atoms with Crippen molar-refractivity contribution in [2.24, 2.45) is 0 Å². The fourth-order valence-corrected chi connectivity index (χ4v) is 1.76. The molecule has 0 N–H and O–H groups in total. The quantitative estimate of drug-likeness (QED) is 0.618. The van der Waals surface area contributed by atoms with Crippen molar-refractivity contribution in [1.82, 2.24) is 0 Å². The Kier molecular flexibility index (Phi) is 4.73. The number of ether oxygens (including phenoxy) is 1. The number of nitriles is 1. The van der Waals surface area contributed by atoms with Gasteiger partial charge in [-0.05, 0) is 17.7 Å². The van der Waals surface area contributed by atoms with E-state index in [1.807, 2.05) is 30.3 Å². The highest BCUT2D eigenvalue weighted by Crippen LogP contribution is 2.22. The van der Waals surface area contributed by atoms with E-state index in [4.69, 9.17) is 10.00 Å². The molecule has 21 heavy (non-hydrogen) atoms. The van der Waals surface area contributed by atoms with Crippen LogP contribution in [0.3, 0.4) is 0 Å². The minimum Gasteiger partial charge on any atom is -0.544 e. The van der Waals surface area contributed by atoms with Crippen molar-refractivity contribution >= 4 is 12.0 Å². The van der Waals surface area contributed by atoms with Crippen LogP contribution < -0.4 is 9.84 Å². The topological polar surface area (TPSA) is 73.1 Å². The van der Waals surface area contributed by atoms with Crippen LogP contribution in [0.5, 0.6) is 5.75 Å². The highest BCUT2D eigenvalue weighted by Gasteiger charge is 2.04. The van der Waals surface area contributed by atoms with Gasteiger partial charge in [-0.1, -0.05) is 48.5 Å². The maximum absolute atomic E-state index is 10.8. The van der Waals surface area contributed by atoms with Gasteiger partial charge < -0.3 is 14.6 Å². The van der Waals surface area contributed by atoms with Crippen molar-refractivity contribution in [1.29, 1.82) is 5.26 Å². The maximum atomic E-state index is 10.8. The molecule has 4 nitrogen and oxygen atoms in total. The molecule has 0 saturated heterocycles. The number of hydrogen-bond donors (Lipinski definition) is 0. The summed E-state index contributed by atoms with van der Waals surface area (Å²) in [4.78, 5) is 10.8. The lowest BCUT2D eigenvalue weighted by Gasteiger charge is -2.10. The summed E-state index contributed by atoms with van der Waals surface area (Å²) in [5, 5.41) is 19.6. The number of carboxylic acid groups (broad SMARTS) is 1. The second kappa shape index (κ2) is 6.92. The fraction of sp³-hybridized carbons (Fsp3) is 0.0588. The molecule has 0 aromatic heterocycles. The average Bonchev–Trinajstić information content (AvgIpc) is 2.52. The predicted octanol–water partition coefficient (Wildman–Crippen LogP) is 1.92. The van der Waals surface area contributed by atoms with Crippen molar-refractivity contribution in [2.45, 2.75) is 6.61 Å². The minimum atomic E-state index is -1.50. The first kappa shape index (κ1) is 14.4. The van der Waals surface area contributed by atoms with Crippen LogP contribution in [0.2, 0.25) is 0 Å². The SMILES string of the molecule is N#C/C(=C\c1ccccc1OCc1ccccc1)C(=O)[O-]. The number of para-hydroxylation sites is 1. The molecule has 0 heterocycles. The summed E-state index contributed by atoms with van der Waals surface area (Å²) in [5.74, 6) is -0.995. The summed E-state index contributed by atoms with van der Waals surface area (Å²) in [7, 11) is 0. The second-order valence-corrected chi connectivity index (χ2v) is 4.27. The van der Waals surface area contributed by atoms with E-state index in [0.29, 0.717) is 17.9 Å². The highest BCUT2D eigenvalue weighted by atomic mass is 16.5. The van der Waals surface area contributed by atoms with Crippen molar-refractivity contribution in [3.63, 3.8) is 0 Å². The molecule has 0 unspecified atom stereocenters. The van der Waals surface area contributed by atoms with Crippen LogP contribution in [0.25, 0.3) is 6.08 Å². The molecule has 2 aromatic rings. The molecule has 104 valence electrons. The Balaban J connectivity index is 2.22. The Hall–Kier alpha value is -3.06. The van der Waals surface area contributed by atoms with Crippen molar-refractivity contribution < 1.29 is 14.6 Å². The average molecular weight is 278 g/mol. The van der Waals surface area contributed by atoms with Gasteiger partial charge in [-0.3, -0.25) is 0 Å². The van der Waals surface area contributed by atoms with Crippen LogP contribution in [0.15, 0.2) is 60.2 Å². The summed E-state index contributed by atoms with van der Waals surface area (Å²) in [5.41, 5.74) is 1.08. The van der Waals surface area contributed by atoms with Gasteiger partial charge in [-0.25, -0.2) is 0 Å². The Morgan fingerprint density at radius 2 is 1.81 bits per heavy atom. The van der Waals surface area contributed by atoms with E-state index < -0.39 is 11.5 Å². The van der Waals surface area contributed by atoms with E-state index in [0.717, 1.165) is 5.56 Å². The fourth-order valence-electron chi connectivity index (χ4n) is 1.76. The zero-order valence-electron chi connectivity index (χ0n) is 11.2. The summed E-state index contributed by atoms with van der Waals surface area (Å²) < 4.78 is 5.68. The van der Waals surface area contributed by atoms with Gasteiger partial charge in [0.05, 0.1) is 11.5 Å². The third kappa shape index (κ3) is 3.95. The summed E-state index contributed by atoms with van der Waals surface area (Å²) in [6, 6.07) is 18.1. The molecule has 0 bridgehead atoms. The maximum Gasteiger partial charge on any atom is 0.127 e. The summed E-state index contributed by atoms with van der Waals surface area (Å²) in [6.07, 6.45) is 1.25. The van der Waals surface area contributed by atoms with Crippen molar-refractivity contribution in [2.75, 3.05) is 0 Å². The molecular formula is C17H12NO3-. The molecule has 0 amide bonds. The van der Waals surface area contributed by atoms with E-state index in [-0.39, 0.29) is 0 Å². The molecule has 2 rings (SSSR count). The molecule has 0 aliphatic heterocycles. The lowest BCUT2D eigenvalue weighted by atomic mass is 10.1. The van der Waals surface area contributed by atoms with Gasteiger partial charge in [0.15, 0.2) is 0 Å². The van der Waals surface area contributed by atoms with E-state index in [2.05, 4.69) is 0 Å². The Bertz CT molecular complexity index is 699. The number of carbonyl (C=O) groups excluding carboxylic acids is 1. The Morgan fingerprint density at radius 3 is 2.48 bits per heavy atom. The number of carboxylic acids is 1. The molecule has 4 heteroatoms. The Morgan fingerprint density at radius 1 is 1.14 bits per heavy atom. The Labute approximate surface area is 122 Å². The van der Waals surface area contributed by atoms with Gasteiger partial charge in [0.2, 0.25) is 0 Å². The number of benzene rings is 2. The molecule has 0 spiro atoms. The third-order valence-corrected chi connectivity index (χ3v) is 2.80. The highest BCUT2D eigenvalue weighted by molar-refractivity contribution is 5.95. The van der Waals surface area contributed by atoms with Crippen LogP contribution in [0.1, 0.15) is 11.1 Å². The zero-order valence-corrected chi connectivity index (χ0v) is 11.2. The zero-order chi connectivity index (χ0) is 15.1. The number of rotatable bonds is 5. The second-order valence-electron chi connectivity index (χ2n) is 4.27. The smallest absolute Gasteiger partial charge is 0.127 e. The first-order chi connectivity index (χ1) is 10.2. The molecule has 0 atom stereocenters. The standard InChI is InChI=1S/C17H13NO3/c18-11-15(17(19)20)10-14-8-4-5-9-16(14)21-12-13-6-2-1-3-7-13/h1-10H,12H2,(H,19,20)/p-1/b15-10+. The normalized spacial score (nSPS) is 10.7. The molecular weight excluding hydrogens is 266 g/mol. The van der Waals surface area contributed by atoms with Crippen LogP contribution in [-0.4, -0.2) is 5.97 Å². The number of nitrogens with zero attached hydrogens (tertiary/aromatic N) is 1. The number of aliphatic carboxylic acids is 1. The molecule has 0 aliphatic rings. The first-order valence-electron chi connectivity index (χ1n) is 6.29. The molecule has 0 saturated carbocycles. The molecule has 0 aliphatic carbocycles. The monoisotopic (exact) mass is 278 g/mol. The number of carbonyl (C=O) groups is 1. The van der Waals surface area contributed by atoms with Gasteiger partial charge in [0.1, 0.15) is 18.4 Å². The lowest BCUT2D eigenvalue weighted by Crippen LogP contribution is -2.23. The van der Waals surface area contributed by atoms with Crippen LogP contribution in [-0.2, 0) is 11.4 Å². The van der Waals surface area contributed by atoms with E-state index in [1.165, 1.54) is 6.08 Å². The van der Waals surface area contributed by atoms with Crippen molar-refractivity contribution in [3.8, 4) is 11.8 Å². The van der Waals surface area contributed by atoms with Gasteiger partial charge in [0.25, 0.3) is 0 Å². The van der Waals surface area contributed by atoms with E-state index in [1.54, 1.807) is 30.3 Å². The van der Waals surface area contributed by atoms with Gasteiger partial charge in [-0.2, -0.15) is 5.26 Å². The largest absolute Gasteiger partial charge is 0.544 e. The summed E-state index contributed by atoms with van der Waals surface area (Å²) in [6.45, 7) is 0.360. The van der Waals surface area contributed by atoms with Crippen LogP contribution >= 0.6 is 0 Å². The van der Waals surface area contributed by atoms with Crippen LogP contribution in [0.4, 0.5) is 0 Å². The molecule has 0 fully saturated rings. The van der Waals surface area contributed by atoms with Crippen molar-refractivity contribution in [3.05, 3.63) is 71.3 Å². The third-order valence-electron chi connectivity index (χ3n) is 2.80. The number of hydrogen-bond acceptors (Lipinski definition) is 4.